The van der Waals surface area contributed by atoms with Gasteiger partial charge in [-0.1, -0.05) is 35.9 Å². The molecule has 3 aromatic rings. The summed E-state index contributed by atoms with van der Waals surface area (Å²) in [4.78, 5) is 4.45. The first-order valence-electron chi connectivity index (χ1n) is 10.1. The Bertz CT molecular complexity index is 989. The van der Waals surface area contributed by atoms with Gasteiger partial charge in [-0.25, -0.2) is 9.07 Å². The van der Waals surface area contributed by atoms with E-state index in [1.807, 2.05) is 41.1 Å². The standard InChI is InChI=1S/C22H26ClFN6/c1-22(2,3)30-21(25-26-27-30)20(16-8-10-17(23)11-9-16)29-14-12-28(13-15-29)19-7-5-4-6-18(19)24/h4-11,20H,12-15H2,1-3H3/t20-/m0/s1. The Morgan fingerprint density at radius 3 is 2.27 bits per heavy atom. The third-order valence-corrected chi connectivity index (χ3v) is 5.68. The van der Waals surface area contributed by atoms with Gasteiger partial charge in [-0.05, 0) is 61.0 Å². The molecule has 0 spiro atoms. The molecule has 4 rings (SSSR count). The van der Waals surface area contributed by atoms with Crippen LogP contribution in [0.2, 0.25) is 5.02 Å². The molecule has 2 aromatic carbocycles. The van der Waals surface area contributed by atoms with Crippen LogP contribution in [0.3, 0.4) is 0 Å². The van der Waals surface area contributed by atoms with Crippen LogP contribution in [0.15, 0.2) is 48.5 Å². The molecule has 2 heterocycles. The molecule has 0 unspecified atom stereocenters. The number of halogens is 2. The number of benzene rings is 2. The topological polar surface area (TPSA) is 50.1 Å². The first-order chi connectivity index (χ1) is 14.3. The predicted molar refractivity (Wildman–Crippen MR) is 116 cm³/mol. The zero-order chi connectivity index (χ0) is 21.3. The van der Waals surface area contributed by atoms with Crippen LogP contribution in [-0.2, 0) is 5.54 Å². The van der Waals surface area contributed by atoms with E-state index in [9.17, 15) is 4.39 Å². The van der Waals surface area contributed by atoms with E-state index in [4.69, 9.17) is 11.6 Å². The summed E-state index contributed by atoms with van der Waals surface area (Å²) in [6.07, 6.45) is 0. The summed E-state index contributed by atoms with van der Waals surface area (Å²) < 4.78 is 16.1. The minimum Gasteiger partial charge on any atom is -0.367 e. The van der Waals surface area contributed by atoms with Crippen molar-refractivity contribution in [2.24, 2.45) is 0 Å². The molecule has 1 atom stereocenters. The number of nitrogens with zero attached hydrogens (tertiary/aromatic N) is 6. The molecule has 158 valence electrons. The van der Waals surface area contributed by atoms with Crippen LogP contribution in [0.1, 0.15) is 38.2 Å². The van der Waals surface area contributed by atoms with E-state index >= 15 is 0 Å². The largest absolute Gasteiger partial charge is 0.367 e. The van der Waals surface area contributed by atoms with Gasteiger partial charge in [0.25, 0.3) is 0 Å². The molecule has 1 saturated heterocycles. The maximum Gasteiger partial charge on any atom is 0.173 e. The number of hydrogen-bond acceptors (Lipinski definition) is 5. The Balaban J connectivity index is 1.64. The van der Waals surface area contributed by atoms with Crippen molar-refractivity contribution in [2.75, 3.05) is 31.1 Å². The third kappa shape index (κ3) is 4.18. The Hall–Kier alpha value is -2.51. The molecular formula is C22H26ClFN6. The van der Waals surface area contributed by atoms with Crippen LogP contribution in [0.25, 0.3) is 0 Å². The zero-order valence-corrected chi connectivity index (χ0v) is 18.2. The molecule has 0 N–H and O–H groups in total. The minimum atomic E-state index is -0.251. The number of hydrogen-bond donors (Lipinski definition) is 0. The fourth-order valence-electron chi connectivity index (χ4n) is 3.94. The van der Waals surface area contributed by atoms with Gasteiger partial charge in [0, 0.05) is 31.2 Å². The summed E-state index contributed by atoms with van der Waals surface area (Å²) in [7, 11) is 0. The number of para-hydroxylation sites is 1. The van der Waals surface area contributed by atoms with Crippen molar-refractivity contribution >= 4 is 17.3 Å². The molecule has 8 heteroatoms. The first-order valence-corrected chi connectivity index (χ1v) is 10.5. The van der Waals surface area contributed by atoms with E-state index in [0.29, 0.717) is 10.7 Å². The Morgan fingerprint density at radius 2 is 1.63 bits per heavy atom. The van der Waals surface area contributed by atoms with Gasteiger partial charge >= 0.3 is 0 Å². The minimum absolute atomic E-state index is 0.112. The predicted octanol–water partition coefficient (Wildman–Crippen LogP) is 4.13. The van der Waals surface area contributed by atoms with Crippen LogP contribution in [0.5, 0.6) is 0 Å². The maximum atomic E-state index is 14.2. The van der Waals surface area contributed by atoms with Gasteiger partial charge in [-0.2, -0.15) is 0 Å². The number of rotatable bonds is 4. The summed E-state index contributed by atoms with van der Waals surface area (Å²) in [5.74, 6) is 0.612. The first kappa shape index (κ1) is 20.8. The van der Waals surface area contributed by atoms with Crippen molar-refractivity contribution in [1.29, 1.82) is 0 Å². The van der Waals surface area contributed by atoms with Crippen LogP contribution >= 0.6 is 11.6 Å². The second-order valence-electron chi connectivity index (χ2n) is 8.55. The Labute approximate surface area is 181 Å². The number of aromatic nitrogens is 4. The lowest BCUT2D eigenvalue weighted by Gasteiger charge is -2.40. The van der Waals surface area contributed by atoms with E-state index < -0.39 is 0 Å². The highest BCUT2D eigenvalue weighted by atomic mass is 35.5. The Morgan fingerprint density at radius 1 is 0.967 bits per heavy atom. The quantitative estimate of drug-likeness (QED) is 0.625. The SMILES string of the molecule is CC(C)(C)n1nnnc1[C@H](c1ccc(Cl)cc1)N1CCN(c2ccccc2F)CC1. The van der Waals surface area contributed by atoms with Gasteiger partial charge in [-0.15, -0.1) is 5.10 Å². The highest BCUT2D eigenvalue weighted by Crippen LogP contribution is 2.32. The highest BCUT2D eigenvalue weighted by Gasteiger charge is 2.33. The van der Waals surface area contributed by atoms with Crippen molar-refractivity contribution in [2.45, 2.75) is 32.4 Å². The average molecular weight is 429 g/mol. The van der Waals surface area contributed by atoms with Crippen LogP contribution in [0.4, 0.5) is 10.1 Å². The van der Waals surface area contributed by atoms with E-state index in [0.717, 1.165) is 37.6 Å². The fraction of sp³-hybridized carbons (Fsp3) is 0.409. The molecule has 1 aliphatic heterocycles. The molecule has 0 saturated carbocycles. The third-order valence-electron chi connectivity index (χ3n) is 5.43. The van der Waals surface area contributed by atoms with E-state index in [1.165, 1.54) is 6.07 Å². The molecule has 1 aromatic heterocycles. The van der Waals surface area contributed by atoms with E-state index in [2.05, 4.69) is 46.1 Å². The Kier molecular flexibility index (Phi) is 5.75. The lowest BCUT2D eigenvalue weighted by Crippen LogP contribution is -2.49. The van der Waals surface area contributed by atoms with E-state index in [-0.39, 0.29) is 17.4 Å². The summed E-state index contributed by atoms with van der Waals surface area (Å²) in [5, 5.41) is 13.3. The molecule has 1 aliphatic rings. The molecule has 0 radical (unpaired) electrons. The van der Waals surface area contributed by atoms with Gasteiger partial charge in [0.05, 0.1) is 17.3 Å². The lowest BCUT2D eigenvalue weighted by molar-refractivity contribution is 0.191. The fourth-order valence-corrected chi connectivity index (χ4v) is 4.07. The second-order valence-corrected chi connectivity index (χ2v) is 8.98. The van der Waals surface area contributed by atoms with Crippen molar-refractivity contribution < 1.29 is 4.39 Å². The summed E-state index contributed by atoms with van der Waals surface area (Å²) in [5.41, 5.74) is 1.48. The van der Waals surface area contributed by atoms with Crippen molar-refractivity contribution in [3.8, 4) is 0 Å². The van der Waals surface area contributed by atoms with Crippen LogP contribution < -0.4 is 4.90 Å². The molecular weight excluding hydrogens is 403 g/mol. The van der Waals surface area contributed by atoms with Crippen molar-refractivity contribution in [3.05, 3.63) is 70.8 Å². The van der Waals surface area contributed by atoms with Gasteiger partial charge < -0.3 is 4.90 Å². The lowest BCUT2D eigenvalue weighted by atomic mass is 10.0. The highest BCUT2D eigenvalue weighted by molar-refractivity contribution is 6.30. The van der Waals surface area contributed by atoms with Gasteiger partial charge in [0.2, 0.25) is 0 Å². The summed E-state index contributed by atoms with van der Waals surface area (Å²) >= 11 is 6.13. The monoisotopic (exact) mass is 428 g/mol. The molecule has 1 fully saturated rings. The normalized spacial score (nSPS) is 16.6. The maximum absolute atomic E-state index is 14.2. The number of piperazine rings is 1. The number of anilines is 1. The van der Waals surface area contributed by atoms with Crippen LogP contribution in [0, 0.1) is 5.82 Å². The van der Waals surface area contributed by atoms with Gasteiger partial charge in [0.1, 0.15) is 5.82 Å². The summed E-state index contributed by atoms with van der Waals surface area (Å²) in [6, 6.07) is 14.7. The molecule has 0 amide bonds. The van der Waals surface area contributed by atoms with Crippen molar-refractivity contribution in [3.63, 3.8) is 0 Å². The van der Waals surface area contributed by atoms with Crippen molar-refractivity contribution in [1.82, 2.24) is 25.1 Å². The smallest absolute Gasteiger partial charge is 0.173 e. The zero-order valence-electron chi connectivity index (χ0n) is 17.5. The molecule has 0 bridgehead atoms. The van der Waals surface area contributed by atoms with Gasteiger partial charge in [0.15, 0.2) is 5.82 Å². The second kappa shape index (κ2) is 8.32. The van der Waals surface area contributed by atoms with E-state index in [1.54, 1.807) is 6.07 Å². The average Bonchev–Trinajstić information content (AvgIpc) is 3.21. The summed E-state index contributed by atoms with van der Waals surface area (Å²) in [6.45, 7) is 9.23. The number of tetrazole rings is 1. The van der Waals surface area contributed by atoms with Crippen LogP contribution in [-0.4, -0.2) is 51.3 Å². The molecule has 6 nitrogen and oxygen atoms in total. The molecule has 0 aliphatic carbocycles. The van der Waals surface area contributed by atoms with Gasteiger partial charge in [-0.3, -0.25) is 4.90 Å². The molecule has 30 heavy (non-hydrogen) atoms.